The molecule has 2 heteroatoms. The molecule has 53 valence electrons. The fourth-order valence-corrected chi connectivity index (χ4v) is 1.13. The van der Waals surface area contributed by atoms with E-state index in [0.717, 1.165) is 11.1 Å². The molecular weight excluding hydrogens is 191 g/mol. The summed E-state index contributed by atoms with van der Waals surface area (Å²) in [6.07, 6.45) is 0. The van der Waals surface area contributed by atoms with E-state index in [0.29, 0.717) is 0 Å². The van der Waals surface area contributed by atoms with Crippen molar-refractivity contribution in [3.63, 3.8) is 0 Å². The molecular formula is C8H9OSe. The first-order chi connectivity index (χ1) is 4.86. The van der Waals surface area contributed by atoms with E-state index in [2.05, 4.69) is 28.1 Å². The third kappa shape index (κ3) is 1.76. The van der Waals surface area contributed by atoms with E-state index >= 15 is 0 Å². The van der Waals surface area contributed by atoms with Crippen LogP contribution in [0.3, 0.4) is 0 Å². The fourth-order valence-electron chi connectivity index (χ4n) is 0.722. The molecule has 0 aromatic heterocycles. The molecule has 0 heterocycles. The van der Waals surface area contributed by atoms with Crippen LogP contribution in [-0.2, 0) is 5.32 Å². The molecule has 10 heavy (non-hydrogen) atoms. The molecule has 1 nitrogen and oxygen atoms in total. The minimum absolute atomic E-state index is 0.914. The molecule has 1 aromatic rings. The van der Waals surface area contributed by atoms with Crippen LogP contribution in [0.1, 0.15) is 5.56 Å². The predicted octanol–water partition coefficient (Wildman–Crippen LogP) is 1.36. The molecule has 0 aliphatic rings. The number of hydrogen-bond donors (Lipinski definition) is 0. The topological polar surface area (TPSA) is 9.23 Å². The normalized spacial score (nSPS) is 9.40. The second kappa shape index (κ2) is 3.65. The average Bonchev–Trinajstić information content (AvgIpc) is 2.05. The molecule has 0 atom stereocenters. The standard InChI is InChI=1S/C8H9OSe/c1-9-8-4-2-7(6-10)3-5-8/h2-5H,6H2,1H3. The van der Waals surface area contributed by atoms with Gasteiger partial charge < -0.3 is 0 Å². The van der Waals surface area contributed by atoms with Gasteiger partial charge in [-0.25, -0.2) is 0 Å². The third-order valence-corrected chi connectivity index (χ3v) is 2.03. The molecule has 0 aliphatic carbocycles. The Labute approximate surface area is 69.2 Å². The molecule has 0 amide bonds. The van der Waals surface area contributed by atoms with Gasteiger partial charge in [-0.15, -0.1) is 0 Å². The molecule has 1 aromatic carbocycles. The Morgan fingerprint density at radius 1 is 1.30 bits per heavy atom. The van der Waals surface area contributed by atoms with Gasteiger partial charge in [-0.05, 0) is 0 Å². The molecule has 0 saturated carbocycles. The van der Waals surface area contributed by atoms with E-state index in [-0.39, 0.29) is 0 Å². The molecule has 0 saturated heterocycles. The van der Waals surface area contributed by atoms with Crippen LogP contribution >= 0.6 is 0 Å². The van der Waals surface area contributed by atoms with Crippen molar-refractivity contribution in [1.82, 2.24) is 0 Å². The van der Waals surface area contributed by atoms with Crippen molar-refractivity contribution >= 4 is 16.0 Å². The minimum atomic E-state index is 0.914. The summed E-state index contributed by atoms with van der Waals surface area (Å²) < 4.78 is 5.00. The van der Waals surface area contributed by atoms with E-state index in [9.17, 15) is 0 Å². The SMILES string of the molecule is COc1ccc(C[Se])cc1. The van der Waals surface area contributed by atoms with Crippen LogP contribution in [0.5, 0.6) is 5.75 Å². The van der Waals surface area contributed by atoms with Gasteiger partial charge in [0.2, 0.25) is 0 Å². The van der Waals surface area contributed by atoms with Gasteiger partial charge in [0.25, 0.3) is 0 Å². The van der Waals surface area contributed by atoms with Crippen LogP contribution in [0.2, 0.25) is 0 Å². The summed E-state index contributed by atoms with van der Waals surface area (Å²) in [6.45, 7) is 0. The summed E-state index contributed by atoms with van der Waals surface area (Å²) in [7, 11) is 1.67. The van der Waals surface area contributed by atoms with Crippen molar-refractivity contribution in [2.75, 3.05) is 7.11 Å². The van der Waals surface area contributed by atoms with E-state index in [1.165, 1.54) is 5.56 Å². The van der Waals surface area contributed by atoms with E-state index in [4.69, 9.17) is 4.74 Å². The number of methoxy groups -OCH3 is 1. The van der Waals surface area contributed by atoms with Crippen molar-refractivity contribution in [1.29, 1.82) is 0 Å². The van der Waals surface area contributed by atoms with Crippen LogP contribution in [0.4, 0.5) is 0 Å². The van der Waals surface area contributed by atoms with E-state index in [1.54, 1.807) is 7.11 Å². The zero-order chi connectivity index (χ0) is 7.40. The Balaban J connectivity index is 2.80. The van der Waals surface area contributed by atoms with Gasteiger partial charge in [-0.2, -0.15) is 0 Å². The number of hydrogen-bond acceptors (Lipinski definition) is 1. The molecule has 0 N–H and O–H groups in total. The zero-order valence-electron chi connectivity index (χ0n) is 5.83. The van der Waals surface area contributed by atoms with Crippen molar-refractivity contribution in [3.05, 3.63) is 29.8 Å². The first-order valence-corrected chi connectivity index (χ1v) is 4.29. The summed E-state index contributed by atoms with van der Waals surface area (Å²) in [6, 6.07) is 8.03. The molecule has 0 unspecified atom stereocenters. The Morgan fingerprint density at radius 2 is 1.90 bits per heavy atom. The Kier molecular flexibility index (Phi) is 2.79. The maximum absolute atomic E-state index is 5.00. The Bertz CT molecular complexity index is 170. The van der Waals surface area contributed by atoms with Gasteiger partial charge in [-0.3, -0.25) is 0 Å². The van der Waals surface area contributed by atoms with Gasteiger partial charge in [-0.1, -0.05) is 0 Å². The van der Waals surface area contributed by atoms with Crippen molar-refractivity contribution in [2.45, 2.75) is 5.32 Å². The molecule has 0 spiro atoms. The van der Waals surface area contributed by atoms with Crippen LogP contribution < -0.4 is 4.74 Å². The number of rotatable bonds is 2. The Morgan fingerprint density at radius 3 is 2.30 bits per heavy atom. The van der Waals surface area contributed by atoms with Crippen molar-refractivity contribution in [3.8, 4) is 5.75 Å². The van der Waals surface area contributed by atoms with Gasteiger partial charge in [0.05, 0.1) is 0 Å². The van der Waals surface area contributed by atoms with Gasteiger partial charge >= 0.3 is 68.8 Å². The summed E-state index contributed by atoms with van der Waals surface area (Å²) >= 11 is 2.96. The zero-order valence-corrected chi connectivity index (χ0v) is 7.55. The second-order valence-electron chi connectivity index (χ2n) is 1.99. The molecule has 0 fully saturated rings. The average molecular weight is 200 g/mol. The molecule has 0 aliphatic heterocycles. The first-order valence-electron chi connectivity index (χ1n) is 3.08. The first kappa shape index (κ1) is 7.64. The van der Waals surface area contributed by atoms with Crippen LogP contribution in [-0.4, -0.2) is 23.1 Å². The summed E-state index contributed by atoms with van der Waals surface area (Å²) in [5.74, 6) is 0.914. The third-order valence-electron chi connectivity index (χ3n) is 1.33. The summed E-state index contributed by atoms with van der Waals surface area (Å²) in [5.41, 5.74) is 1.29. The summed E-state index contributed by atoms with van der Waals surface area (Å²) in [5, 5.41) is 0.962. The van der Waals surface area contributed by atoms with E-state index < -0.39 is 0 Å². The second-order valence-corrected chi connectivity index (χ2v) is 2.60. The van der Waals surface area contributed by atoms with Crippen LogP contribution in [0.25, 0.3) is 0 Å². The molecule has 1 radical (unpaired) electrons. The Hall–Kier alpha value is -0.461. The van der Waals surface area contributed by atoms with Crippen LogP contribution in [0.15, 0.2) is 24.3 Å². The number of benzene rings is 1. The molecule has 0 bridgehead atoms. The maximum atomic E-state index is 5.00. The predicted molar refractivity (Wildman–Crippen MR) is 42.5 cm³/mol. The monoisotopic (exact) mass is 201 g/mol. The van der Waals surface area contributed by atoms with Gasteiger partial charge in [0, 0.05) is 0 Å². The fraction of sp³-hybridized carbons (Fsp3) is 0.250. The van der Waals surface area contributed by atoms with Crippen molar-refractivity contribution < 1.29 is 4.74 Å². The summed E-state index contributed by atoms with van der Waals surface area (Å²) in [4.78, 5) is 0. The number of ether oxygens (including phenoxy) is 1. The quantitative estimate of drug-likeness (QED) is 0.655. The van der Waals surface area contributed by atoms with Gasteiger partial charge in [0.1, 0.15) is 0 Å². The van der Waals surface area contributed by atoms with Gasteiger partial charge in [0.15, 0.2) is 0 Å². The van der Waals surface area contributed by atoms with Crippen molar-refractivity contribution in [2.24, 2.45) is 0 Å². The van der Waals surface area contributed by atoms with E-state index in [1.807, 2.05) is 12.1 Å². The molecule has 1 rings (SSSR count). The van der Waals surface area contributed by atoms with Crippen LogP contribution in [0, 0.1) is 0 Å².